The maximum atomic E-state index is 13.5. The molecule has 0 spiro atoms. The van der Waals surface area contributed by atoms with Crippen LogP contribution in [0.25, 0.3) is 0 Å². The molecule has 0 saturated heterocycles. The Morgan fingerprint density at radius 3 is 2.58 bits per heavy atom. The molecule has 96 valence electrons. The molecule has 0 aliphatic heterocycles. The molecule has 0 saturated carbocycles. The van der Waals surface area contributed by atoms with Gasteiger partial charge in [-0.2, -0.15) is 5.26 Å². The zero-order valence-electron chi connectivity index (χ0n) is 9.86. The van der Waals surface area contributed by atoms with Crippen molar-refractivity contribution in [2.75, 3.05) is 5.73 Å². The quantitative estimate of drug-likeness (QED) is 0.863. The van der Waals surface area contributed by atoms with Crippen LogP contribution < -0.4 is 10.5 Å². The summed E-state index contributed by atoms with van der Waals surface area (Å²) in [5.41, 5.74) is 5.92. The molecule has 2 N–H and O–H groups in total. The number of rotatable bonds is 3. The van der Waals surface area contributed by atoms with Crippen molar-refractivity contribution in [3.8, 4) is 11.8 Å². The minimum absolute atomic E-state index is 0.0185. The smallest absolute Gasteiger partial charge is 0.149 e. The Balaban J connectivity index is 2.14. The van der Waals surface area contributed by atoms with E-state index in [0.29, 0.717) is 5.56 Å². The molecular weight excluding hydrogens is 250 g/mol. The predicted octanol–water partition coefficient (Wildman–Crippen LogP) is 3.00. The number of benzene rings is 2. The van der Waals surface area contributed by atoms with Gasteiger partial charge in [-0.25, -0.2) is 8.78 Å². The lowest BCUT2D eigenvalue weighted by Gasteiger charge is -2.08. The second-order valence-corrected chi connectivity index (χ2v) is 3.89. The average Bonchev–Trinajstić information content (AvgIpc) is 2.41. The Morgan fingerprint density at radius 1 is 1.11 bits per heavy atom. The average molecular weight is 260 g/mol. The Morgan fingerprint density at radius 2 is 1.89 bits per heavy atom. The highest BCUT2D eigenvalue weighted by atomic mass is 19.1. The lowest BCUT2D eigenvalue weighted by molar-refractivity contribution is 0.298. The first-order valence-electron chi connectivity index (χ1n) is 5.46. The van der Waals surface area contributed by atoms with Gasteiger partial charge in [-0.15, -0.1) is 0 Å². The number of nitriles is 1. The first kappa shape index (κ1) is 12.8. The number of anilines is 1. The number of nitrogens with two attached hydrogens (primary N) is 1. The van der Waals surface area contributed by atoms with E-state index in [4.69, 9.17) is 15.7 Å². The molecule has 3 nitrogen and oxygen atoms in total. The molecule has 0 atom stereocenters. The van der Waals surface area contributed by atoms with Crippen molar-refractivity contribution in [3.05, 3.63) is 59.2 Å². The fourth-order valence-electron chi connectivity index (χ4n) is 1.51. The van der Waals surface area contributed by atoms with E-state index in [-0.39, 0.29) is 23.6 Å². The largest absolute Gasteiger partial charge is 0.489 e. The van der Waals surface area contributed by atoms with Crippen LogP contribution in [-0.2, 0) is 6.61 Å². The van der Waals surface area contributed by atoms with Crippen molar-refractivity contribution in [2.24, 2.45) is 0 Å². The summed E-state index contributed by atoms with van der Waals surface area (Å²) in [5.74, 6) is -0.827. The third-order valence-electron chi connectivity index (χ3n) is 2.54. The molecule has 2 aromatic rings. The summed E-state index contributed by atoms with van der Waals surface area (Å²) in [6.07, 6.45) is 0. The number of hydrogen-bond donors (Lipinski definition) is 1. The molecule has 0 bridgehead atoms. The minimum Gasteiger partial charge on any atom is -0.489 e. The van der Waals surface area contributed by atoms with Gasteiger partial charge in [-0.3, -0.25) is 0 Å². The zero-order chi connectivity index (χ0) is 13.8. The molecule has 0 fully saturated rings. The standard InChI is InChI=1S/C14H10F2N2O/c15-12-3-1-9(7-17)5-10(12)8-19-11-2-4-14(18)13(16)6-11/h1-6H,8,18H2. The monoisotopic (exact) mass is 260 g/mol. The van der Waals surface area contributed by atoms with E-state index in [1.54, 1.807) is 0 Å². The molecular formula is C14H10F2N2O. The molecule has 19 heavy (non-hydrogen) atoms. The summed E-state index contributed by atoms with van der Waals surface area (Å²) in [6, 6.07) is 9.86. The van der Waals surface area contributed by atoms with Crippen LogP contribution in [0.2, 0.25) is 0 Å². The predicted molar refractivity (Wildman–Crippen MR) is 66.3 cm³/mol. The highest BCUT2D eigenvalue weighted by Gasteiger charge is 2.06. The third kappa shape index (κ3) is 2.99. The zero-order valence-corrected chi connectivity index (χ0v) is 9.86. The molecule has 2 aromatic carbocycles. The second-order valence-electron chi connectivity index (χ2n) is 3.89. The molecule has 2 rings (SSSR count). The van der Waals surface area contributed by atoms with Gasteiger partial charge in [0.25, 0.3) is 0 Å². The fourth-order valence-corrected chi connectivity index (χ4v) is 1.51. The van der Waals surface area contributed by atoms with E-state index < -0.39 is 11.6 Å². The van der Waals surface area contributed by atoms with Crippen LogP contribution in [-0.4, -0.2) is 0 Å². The summed E-state index contributed by atoms with van der Waals surface area (Å²) >= 11 is 0. The van der Waals surface area contributed by atoms with Crippen LogP contribution in [0, 0.1) is 23.0 Å². The lowest BCUT2D eigenvalue weighted by Crippen LogP contribution is -2.00. The number of halogens is 2. The van der Waals surface area contributed by atoms with E-state index in [0.717, 1.165) is 6.07 Å². The van der Waals surface area contributed by atoms with Crippen molar-refractivity contribution in [2.45, 2.75) is 6.61 Å². The summed E-state index contributed by atoms with van der Waals surface area (Å²) < 4.78 is 31.9. The van der Waals surface area contributed by atoms with Gasteiger partial charge in [-0.05, 0) is 30.3 Å². The van der Waals surface area contributed by atoms with E-state index >= 15 is 0 Å². The summed E-state index contributed by atoms with van der Waals surface area (Å²) in [4.78, 5) is 0. The van der Waals surface area contributed by atoms with Crippen molar-refractivity contribution in [3.63, 3.8) is 0 Å². The first-order valence-corrected chi connectivity index (χ1v) is 5.46. The van der Waals surface area contributed by atoms with Crippen molar-refractivity contribution in [1.29, 1.82) is 5.26 Å². The minimum atomic E-state index is -0.594. The van der Waals surface area contributed by atoms with Crippen molar-refractivity contribution >= 4 is 5.69 Å². The van der Waals surface area contributed by atoms with Gasteiger partial charge in [0.05, 0.1) is 17.3 Å². The molecule has 0 aliphatic rings. The highest BCUT2D eigenvalue weighted by molar-refractivity contribution is 5.43. The number of hydrogen-bond acceptors (Lipinski definition) is 3. The Bertz CT molecular complexity index is 650. The summed E-state index contributed by atoms with van der Waals surface area (Å²) in [5, 5.41) is 8.73. The van der Waals surface area contributed by atoms with Crippen LogP contribution in [0.4, 0.5) is 14.5 Å². The van der Waals surface area contributed by atoms with Gasteiger partial charge in [0, 0.05) is 11.6 Å². The van der Waals surface area contributed by atoms with Crippen LogP contribution in [0.5, 0.6) is 5.75 Å². The topological polar surface area (TPSA) is 59.0 Å². The third-order valence-corrected chi connectivity index (χ3v) is 2.54. The van der Waals surface area contributed by atoms with Crippen molar-refractivity contribution < 1.29 is 13.5 Å². The van der Waals surface area contributed by atoms with Gasteiger partial charge < -0.3 is 10.5 Å². The lowest BCUT2D eigenvalue weighted by atomic mass is 10.1. The molecule has 0 aromatic heterocycles. The molecule has 0 unspecified atom stereocenters. The van der Waals surface area contributed by atoms with Gasteiger partial charge >= 0.3 is 0 Å². The van der Waals surface area contributed by atoms with E-state index in [2.05, 4.69) is 0 Å². The normalized spacial score (nSPS) is 9.95. The molecule has 0 heterocycles. The van der Waals surface area contributed by atoms with Crippen LogP contribution >= 0.6 is 0 Å². The number of ether oxygens (including phenoxy) is 1. The SMILES string of the molecule is N#Cc1ccc(F)c(COc2ccc(N)c(F)c2)c1. The highest BCUT2D eigenvalue weighted by Crippen LogP contribution is 2.20. The molecule has 0 amide bonds. The Kier molecular flexibility index (Phi) is 3.62. The van der Waals surface area contributed by atoms with Gasteiger partial charge in [-0.1, -0.05) is 0 Å². The van der Waals surface area contributed by atoms with Crippen molar-refractivity contribution in [1.82, 2.24) is 0 Å². The maximum absolute atomic E-state index is 13.5. The van der Waals surface area contributed by atoms with Crippen LogP contribution in [0.3, 0.4) is 0 Å². The summed E-state index contributed by atoms with van der Waals surface area (Å²) in [7, 11) is 0. The Labute approximate surface area is 108 Å². The second kappa shape index (κ2) is 5.36. The maximum Gasteiger partial charge on any atom is 0.149 e. The van der Waals surface area contributed by atoms with Gasteiger partial charge in [0.1, 0.15) is 24.0 Å². The first-order chi connectivity index (χ1) is 9.10. The van der Waals surface area contributed by atoms with E-state index in [1.165, 1.54) is 30.3 Å². The molecule has 5 heteroatoms. The number of nitrogens with zero attached hydrogens (tertiary/aromatic N) is 1. The fraction of sp³-hybridized carbons (Fsp3) is 0.0714. The van der Waals surface area contributed by atoms with E-state index in [1.807, 2.05) is 6.07 Å². The molecule has 0 radical (unpaired) electrons. The van der Waals surface area contributed by atoms with Crippen LogP contribution in [0.15, 0.2) is 36.4 Å². The Hall–Kier alpha value is -2.61. The number of nitrogen functional groups attached to an aromatic ring is 1. The van der Waals surface area contributed by atoms with E-state index in [9.17, 15) is 8.78 Å². The summed E-state index contributed by atoms with van der Waals surface area (Å²) in [6.45, 7) is -0.0925. The molecule has 0 aliphatic carbocycles. The van der Waals surface area contributed by atoms with Gasteiger partial charge in [0.2, 0.25) is 0 Å². The van der Waals surface area contributed by atoms with Gasteiger partial charge in [0.15, 0.2) is 0 Å². The van der Waals surface area contributed by atoms with Crippen LogP contribution in [0.1, 0.15) is 11.1 Å².